The first-order chi connectivity index (χ1) is 10.0. The van der Waals surface area contributed by atoms with E-state index in [9.17, 15) is 4.79 Å². The van der Waals surface area contributed by atoms with Crippen molar-refractivity contribution in [2.24, 2.45) is 11.7 Å². The van der Waals surface area contributed by atoms with Crippen molar-refractivity contribution < 1.29 is 4.79 Å². The fraction of sp³-hybridized carbons (Fsp3) is 0.941. The van der Waals surface area contributed by atoms with Gasteiger partial charge in [0.15, 0.2) is 0 Å². The van der Waals surface area contributed by atoms with E-state index in [0.717, 1.165) is 38.3 Å². The highest BCUT2D eigenvalue weighted by Crippen LogP contribution is 2.22. The second-order valence-electron chi connectivity index (χ2n) is 6.80. The number of rotatable bonds is 10. The number of carbonyl (C=O) groups excluding carboxylic acids is 1. The Bertz CT molecular complexity index is 300. The topological polar surface area (TPSA) is 58.4 Å². The van der Waals surface area contributed by atoms with Gasteiger partial charge in [0.25, 0.3) is 0 Å². The minimum absolute atomic E-state index is 0.224. The number of hydrogen-bond acceptors (Lipinski definition) is 3. The number of carbonyl (C=O) groups is 1. The Hall–Kier alpha value is -0.610. The average molecular weight is 297 g/mol. The van der Waals surface area contributed by atoms with Crippen LogP contribution in [-0.4, -0.2) is 42.5 Å². The Kier molecular flexibility index (Phi) is 8.27. The van der Waals surface area contributed by atoms with Gasteiger partial charge in [-0.25, -0.2) is 0 Å². The van der Waals surface area contributed by atoms with Crippen LogP contribution in [0, 0.1) is 5.92 Å². The van der Waals surface area contributed by atoms with Crippen LogP contribution in [0.5, 0.6) is 0 Å². The Balaban J connectivity index is 2.27. The van der Waals surface area contributed by atoms with Crippen molar-refractivity contribution in [3.05, 3.63) is 0 Å². The first-order valence-corrected chi connectivity index (χ1v) is 8.79. The van der Waals surface area contributed by atoms with Gasteiger partial charge in [-0.15, -0.1) is 0 Å². The standard InChI is InChI=1S/C17H35N3O/c1-4-7-15-8-13-20(14-9-15)12-6-10-17(3,16(18)21)19-11-5-2/h15,19H,4-14H2,1-3H3,(H2,18,21). The van der Waals surface area contributed by atoms with Crippen LogP contribution < -0.4 is 11.1 Å². The molecule has 124 valence electrons. The lowest BCUT2D eigenvalue weighted by atomic mass is 9.91. The summed E-state index contributed by atoms with van der Waals surface area (Å²) < 4.78 is 0. The highest BCUT2D eigenvalue weighted by molar-refractivity contribution is 5.84. The highest BCUT2D eigenvalue weighted by atomic mass is 16.1. The average Bonchev–Trinajstić information content (AvgIpc) is 2.47. The number of amides is 1. The summed E-state index contributed by atoms with van der Waals surface area (Å²) in [6, 6.07) is 0. The van der Waals surface area contributed by atoms with Crippen molar-refractivity contribution in [2.45, 2.75) is 71.3 Å². The molecule has 0 saturated carbocycles. The Morgan fingerprint density at radius 1 is 1.29 bits per heavy atom. The predicted molar refractivity (Wildman–Crippen MR) is 89.2 cm³/mol. The van der Waals surface area contributed by atoms with Gasteiger partial charge in [-0.2, -0.15) is 0 Å². The summed E-state index contributed by atoms with van der Waals surface area (Å²) in [4.78, 5) is 14.2. The molecule has 0 aromatic heterocycles. The van der Waals surface area contributed by atoms with Gasteiger partial charge in [0.1, 0.15) is 0 Å². The van der Waals surface area contributed by atoms with Crippen LogP contribution in [0.1, 0.15) is 65.7 Å². The molecule has 4 nitrogen and oxygen atoms in total. The first-order valence-electron chi connectivity index (χ1n) is 8.79. The quantitative estimate of drug-likeness (QED) is 0.651. The molecule has 1 fully saturated rings. The van der Waals surface area contributed by atoms with Crippen molar-refractivity contribution in [1.29, 1.82) is 0 Å². The maximum Gasteiger partial charge on any atom is 0.237 e. The molecule has 21 heavy (non-hydrogen) atoms. The van der Waals surface area contributed by atoms with Crippen LogP contribution in [0.25, 0.3) is 0 Å². The SMILES string of the molecule is CCCNC(C)(CCCN1CCC(CCC)CC1)C(N)=O. The third-order valence-electron chi connectivity index (χ3n) is 4.86. The Morgan fingerprint density at radius 3 is 2.48 bits per heavy atom. The summed E-state index contributed by atoms with van der Waals surface area (Å²) in [7, 11) is 0. The lowest BCUT2D eigenvalue weighted by Crippen LogP contribution is -2.53. The number of piperidine rings is 1. The fourth-order valence-corrected chi connectivity index (χ4v) is 3.26. The molecule has 4 heteroatoms. The van der Waals surface area contributed by atoms with Gasteiger partial charge < -0.3 is 16.0 Å². The van der Waals surface area contributed by atoms with Crippen molar-refractivity contribution in [3.63, 3.8) is 0 Å². The number of nitrogens with one attached hydrogen (secondary N) is 1. The number of hydrogen-bond donors (Lipinski definition) is 2. The molecule has 1 aliphatic rings. The van der Waals surface area contributed by atoms with Gasteiger partial charge in [0, 0.05) is 0 Å². The van der Waals surface area contributed by atoms with E-state index in [1.807, 2.05) is 6.92 Å². The largest absolute Gasteiger partial charge is 0.368 e. The van der Waals surface area contributed by atoms with E-state index >= 15 is 0 Å². The monoisotopic (exact) mass is 297 g/mol. The maximum atomic E-state index is 11.7. The lowest BCUT2D eigenvalue weighted by molar-refractivity contribution is -0.124. The van der Waals surface area contributed by atoms with Crippen LogP contribution in [0.4, 0.5) is 0 Å². The van der Waals surface area contributed by atoms with E-state index in [0.29, 0.717) is 0 Å². The number of likely N-dealkylation sites (tertiary alicyclic amines) is 1. The van der Waals surface area contributed by atoms with E-state index in [1.54, 1.807) is 0 Å². The third-order valence-corrected chi connectivity index (χ3v) is 4.86. The van der Waals surface area contributed by atoms with Crippen LogP contribution in [0.2, 0.25) is 0 Å². The molecule has 1 unspecified atom stereocenters. The molecular formula is C17H35N3O. The summed E-state index contributed by atoms with van der Waals surface area (Å²) in [6.45, 7) is 10.7. The van der Waals surface area contributed by atoms with Gasteiger partial charge in [0.05, 0.1) is 5.54 Å². The minimum atomic E-state index is -0.545. The minimum Gasteiger partial charge on any atom is -0.368 e. The summed E-state index contributed by atoms with van der Waals surface area (Å²) in [5, 5.41) is 3.31. The van der Waals surface area contributed by atoms with E-state index in [-0.39, 0.29) is 5.91 Å². The Labute approximate surface area is 130 Å². The van der Waals surface area contributed by atoms with E-state index in [4.69, 9.17) is 5.73 Å². The van der Waals surface area contributed by atoms with E-state index < -0.39 is 5.54 Å². The summed E-state index contributed by atoms with van der Waals surface area (Å²) in [6.07, 6.45) is 8.27. The zero-order valence-electron chi connectivity index (χ0n) is 14.3. The van der Waals surface area contributed by atoms with Gasteiger partial charge in [-0.05, 0) is 71.1 Å². The molecule has 0 bridgehead atoms. The Morgan fingerprint density at radius 2 is 1.95 bits per heavy atom. The summed E-state index contributed by atoms with van der Waals surface area (Å²) in [5.74, 6) is 0.714. The molecule has 1 atom stereocenters. The zero-order valence-corrected chi connectivity index (χ0v) is 14.3. The molecule has 0 aromatic rings. The first kappa shape index (κ1) is 18.4. The van der Waals surface area contributed by atoms with Gasteiger partial charge in [-0.1, -0.05) is 26.7 Å². The molecule has 1 amide bonds. The fourth-order valence-electron chi connectivity index (χ4n) is 3.26. The number of primary amides is 1. The van der Waals surface area contributed by atoms with E-state index in [1.165, 1.54) is 38.8 Å². The number of nitrogens with zero attached hydrogens (tertiary/aromatic N) is 1. The second kappa shape index (κ2) is 9.42. The van der Waals surface area contributed by atoms with Crippen molar-refractivity contribution in [1.82, 2.24) is 10.2 Å². The van der Waals surface area contributed by atoms with Crippen LogP contribution in [0.15, 0.2) is 0 Å². The maximum absolute atomic E-state index is 11.7. The molecule has 0 aromatic carbocycles. The molecule has 1 heterocycles. The second-order valence-corrected chi connectivity index (χ2v) is 6.80. The van der Waals surface area contributed by atoms with Crippen LogP contribution in [0.3, 0.4) is 0 Å². The predicted octanol–water partition coefficient (Wildman–Crippen LogP) is 2.52. The number of nitrogens with two attached hydrogens (primary N) is 1. The molecule has 1 saturated heterocycles. The van der Waals surface area contributed by atoms with Gasteiger partial charge in [0.2, 0.25) is 5.91 Å². The van der Waals surface area contributed by atoms with Crippen LogP contribution in [-0.2, 0) is 4.79 Å². The smallest absolute Gasteiger partial charge is 0.237 e. The van der Waals surface area contributed by atoms with E-state index in [2.05, 4.69) is 24.1 Å². The molecule has 0 aliphatic carbocycles. The molecule has 0 radical (unpaired) electrons. The summed E-state index contributed by atoms with van der Waals surface area (Å²) in [5.41, 5.74) is 5.02. The van der Waals surface area contributed by atoms with Crippen molar-refractivity contribution in [2.75, 3.05) is 26.2 Å². The molecule has 0 spiro atoms. The van der Waals surface area contributed by atoms with Crippen molar-refractivity contribution >= 4 is 5.91 Å². The third kappa shape index (κ3) is 6.35. The summed E-state index contributed by atoms with van der Waals surface area (Å²) >= 11 is 0. The molecule has 1 aliphatic heterocycles. The molecule has 3 N–H and O–H groups in total. The van der Waals surface area contributed by atoms with Gasteiger partial charge >= 0.3 is 0 Å². The van der Waals surface area contributed by atoms with Gasteiger partial charge in [-0.3, -0.25) is 4.79 Å². The zero-order chi connectivity index (χ0) is 15.7. The highest BCUT2D eigenvalue weighted by Gasteiger charge is 2.29. The molecule has 1 rings (SSSR count). The molecular weight excluding hydrogens is 262 g/mol. The normalized spacial score (nSPS) is 20.3. The lowest BCUT2D eigenvalue weighted by Gasteiger charge is -2.33. The van der Waals surface area contributed by atoms with Crippen LogP contribution >= 0.6 is 0 Å². The van der Waals surface area contributed by atoms with Crippen molar-refractivity contribution in [3.8, 4) is 0 Å².